The van der Waals surface area contributed by atoms with Gasteiger partial charge in [-0.3, -0.25) is 9.45 Å². The van der Waals surface area contributed by atoms with Gasteiger partial charge in [-0.15, -0.1) is 3.89 Å². The number of anilines is 2. The lowest BCUT2D eigenvalue weighted by molar-refractivity contribution is -0.0000355. The Morgan fingerprint density at radius 1 is 0.462 bits per heavy atom. The smallest absolute Gasteiger partial charge is 0.335 e. The van der Waals surface area contributed by atoms with Gasteiger partial charge >= 0.3 is 31.9 Å². The molecule has 0 aromatic heterocycles. The molecule has 0 heterocycles. The van der Waals surface area contributed by atoms with Crippen LogP contribution in [0.1, 0.15) is 76.3 Å². The van der Waals surface area contributed by atoms with Crippen LogP contribution in [0.2, 0.25) is 18.1 Å². The predicted molar refractivity (Wildman–Crippen MR) is 429 cm³/mol. The molecule has 0 bridgehead atoms. The molecule has 9 aromatic rings. The van der Waals surface area contributed by atoms with E-state index in [9.17, 15) is 33.5 Å². The zero-order chi connectivity index (χ0) is 77.0. The molecule has 0 spiro atoms. The maximum absolute atomic E-state index is 12.8. The topological polar surface area (TPSA) is 202 Å². The first-order valence-corrected chi connectivity index (χ1v) is 44.1. The second-order valence-corrected chi connectivity index (χ2v) is 40.5. The second kappa shape index (κ2) is 42.1. The van der Waals surface area contributed by atoms with E-state index >= 15 is 0 Å². The fourth-order valence-corrected chi connectivity index (χ4v) is 17.0. The number of sulfone groups is 1. The fraction of sp³-hybridized carbons (Fsp3) is 0.325. The van der Waals surface area contributed by atoms with E-state index in [4.69, 9.17) is 36.0 Å². The molecule has 26 heteroatoms. The van der Waals surface area contributed by atoms with Crippen LogP contribution in [0.3, 0.4) is 0 Å². The van der Waals surface area contributed by atoms with Crippen LogP contribution in [0.25, 0.3) is 0 Å². The summed E-state index contributed by atoms with van der Waals surface area (Å²) >= 11 is -0.750. The Balaban J connectivity index is 0.000000375. The van der Waals surface area contributed by atoms with Gasteiger partial charge in [-0.25, -0.2) is 12.8 Å². The van der Waals surface area contributed by atoms with Crippen LogP contribution < -0.4 is 53.2 Å². The van der Waals surface area contributed by atoms with Crippen molar-refractivity contribution in [1.82, 2.24) is 0 Å². The molecule has 0 saturated heterocycles. The highest BCUT2D eigenvalue weighted by atomic mass is 32.3. The number of ether oxygens (including phenoxy) is 3. The monoisotopic (exact) mass is 1570 g/mol. The van der Waals surface area contributed by atoms with Crippen LogP contribution in [0.15, 0.2) is 241 Å². The minimum atomic E-state index is -4.55. The highest BCUT2D eigenvalue weighted by Crippen LogP contribution is 2.46. The van der Waals surface area contributed by atoms with Crippen LogP contribution in [-0.2, 0) is 52.6 Å². The Morgan fingerprint density at radius 3 is 1.08 bits per heavy atom. The molecule has 0 fully saturated rings. The van der Waals surface area contributed by atoms with Crippen molar-refractivity contribution in [3.05, 3.63) is 264 Å². The van der Waals surface area contributed by atoms with E-state index in [0.29, 0.717) is 22.9 Å². The van der Waals surface area contributed by atoms with Crippen molar-refractivity contribution in [2.24, 2.45) is 4.74 Å². The average Bonchev–Trinajstić information content (AvgIpc) is 0.764. The van der Waals surface area contributed by atoms with Gasteiger partial charge in [0.1, 0.15) is 51.0 Å². The highest BCUT2D eigenvalue weighted by Gasteiger charge is 2.39. The number of hydrogen-bond donors (Lipinski definition) is 0. The number of halogens is 4. The van der Waals surface area contributed by atoms with Crippen LogP contribution in [-0.4, -0.2) is 127 Å². The maximum Gasteiger partial charge on any atom is 0.335 e. The molecule has 9 rings (SSSR count). The molecule has 0 aliphatic carbocycles. The van der Waals surface area contributed by atoms with Gasteiger partial charge in [0, 0.05) is 77.6 Å². The van der Waals surface area contributed by atoms with Gasteiger partial charge in [0.25, 0.3) is 0 Å². The summed E-state index contributed by atoms with van der Waals surface area (Å²) in [5.74, 6) is 2.19. The largest absolute Gasteiger partial charge is 1.00 e. The first-order chi connectivity index (χ1) is 49.0. The second-order valence-electron chi connectivity index (χ2n) is 26.9. The van der Waals surface area contributed by atoms with Gasteiger partial charge in [0.05, 0.1) is 39.9 Å². The number of benzene rings is 9. The van der Waals surface area contributed by atoms with E-state index in [-0.39, 0.29) is 68.7 Å². The van der Waals surface area contributed by atoms with Crippen molar-refractivity contribution < 1.29 is 74.2 Å². The van der Waals surface area contributed by atoms with Crippen LogP contribution in [0.5, 0.6) is 28.7 Å². The number of rotatable bonds is 27. The highest BCUT2D eigenvalue weighted by molar-refractivity contribution is 7.90. The molecule has 576 valence electrons. The molecule has 0 atom stereocenters. The third kappa shape index (κ3) is 28.0. The Kier molecular flexibility index (Phi) is 36.4. The summed E-state index contributed by atoms with van der Waals surface area (Å²) in [5.41, 5.74) is 7.02. The summed E-state index contributed by atoms with van der Waals surface area (Å²) in [6, 6.07) is 78.0. The summed E-state index contributed by atoms with van der Waals surface area (Å²) < 4.78 is 144. The number of nitrogens with zero attached hydrogens (tertiary/aromatic N) is 3. The van der Waals surface area contributed by atoms with Crippen LogP contribution in [0, 0.1) is 6.92 Å². The zero-order valence-electron chi connectivity index (χ0n) is 62.9. The van der Waals surface area contributed by atoms with Gasteiger partial charge in [-0.1, -0.05) is 206 Å². The standard InChI is InChI=1S/C28H35NO7S2.C22H32OSi.C19H18NP.C11H15F2NO3S.2FH.O2S/c1-28(2,22-6-12-25(34-3)13-7-22)23-8-14-27(15-9-23)36-38(32,33)21-19-29(18-20-37(5,30)31)24-10-16-26(35-4)17-11-24;1-17-9-11-18(12-10-17)22(5,6)19-13-15-20(16-14-19)23-24(7,8)21(2,3)4;1-20-21(17-11-5-2-6-12-17,18-13-7-3-8-14-18)19-15-9-4-10-16-19;1-17-11-4-2-10(3-5-11)14(7-6-12)8-9-18(13,15)16;;;1-3-2/h6-17H,18-21H2,1-5H3;9-16H,1-8H3;2-16H,1H3;2-5H,6-9H2,1H3;2*1H;/p-1. The van der Waals surface area contributed by atoms with Crippen LogP contribution >= 0.6 is 7.05 Å². The zero-order valence-corrected chi connectivity index (χ0v) is 68.1. The minimum Gasteiger partial charge on any atom is -1.00 e. The summed E-state index contributed by atoms with van der Waals surface area (Å²) in [4.78, 5) is 3.18. The summed E-state index contributed by atoms with van der Waals surface area (Å²) in [6.07, 6.45) is 1.15. The van der Waals surface area contributed by atoms with Gasteiger partial charge in [-0.2, -0.15) is 25.3 Å². The molecule has 106 heavy (non-hydrogen) atoms. The summed E-state index contributed by atoms with van der Waals surface area (Å²) in [5, 5.41) is 4.10. The van der Waals surface area contributed by atoms with Gasteiger partial charge in [0.15, 0.2) is 0 Å². The molecular weight excluding hydrogens is 1470 g/mol. The normalized spacial score (nSPS) is 11.5. The van der Waals surface area contributed by atoms with Crippen molar-refractivity contribution in [3.8, 4) is 28.7 Å². The number of hydrogen-bond acceptors (Lipinski definition) is 16. The molecule has 0 radical (unpaired) electrons. The average molecular weight is 1580 g/mol. The molecular formula is C80H101F4N3O13PS4Si-. The first kappa shape index (κ1) is 91.6. The fourth-order valence-electron chi connectivity index (χ4n) is 10.7. The number of methoxy groups -OCH3 is 3. The van der Waals surface area contributed by atoms with Gasteiger partial charge < -0.3 is 37.3 Å². The molecule has 0 amide bonds. The van der Waals surface area contributed by atoms with E-state index in [1.54, 1.807) is 79.8 Å². The van der Waals surface area contributed by atoms with E-state index in [2.05, 4.69) is 208 Å². The Hall–Kier alpha value is -8.58. The van der Waals surface area contributed by atoms with Crippen LogP contribution in [0.4, 0.5) is 24.4 Å². The molecule has 0 N–H and O–H groups in total. The quantitative estimate of drug-likeness (QED) is 0.0155. The lowest BCUT2D eigenvalue weighted by atomic mass is 9.78. The third-order valence-electron chi connectivity index (χ3n) is 18.0. The molecule has 0 aliphatic rings. The lowest BCUT2D eigenvalue weighted by Crippen LogP contribution is -3.00. The third-order valence-corrected chi connectivity index (χ3v) is 28.8. The maximum atomic E-state index is 12.8. The van der Waals surface area contributed by atoms with Gasteiger partial charge in [-0.05, 0) is 132 Å². The summed E-state index contributed by atoms with van der Waals surface area (Å²) in [6.45, 7) is 21.8. The number of alkyl halides is 1. The van der Waals surface area contributed by atoms with Crippen molar-refractivity contribution in [1.29, 1.82) is 0 Å². The minimum absolute atomic E-state index is 0. The Morgan fingerprint density at radius 2 is 0.764 bits per heavy atom. The van der Waals surface area contributed by atoms with Crippen molar-refractivity contribution in [3.63, 3.8) is 0 Å². The predicted octanol–water partition coefficient (Wildman–Crippen LogP) is 13.0. The van der Waals surface area contributed by atoms with Crippen molar-refractivity contribution >= 4 is 84.4 Å². The first-order valence-electron chi connectivity index (χ1n) is 33.6. The van der Waals surface area contributed by atoms with E-state index in [1.807, 2.05) is 43.4 Å². The van der Waals surface area contributed by atoms with E-state index in [1.165, 1.54) is 44.6 Å². The van der Waals surface area contributed by atoms with Crippen molar-refractivity contribution in [2.45, 2.75) is 84.4 Å². The molecule has 9 aromatic carbocycles. The van der Waals surface area contributed by atoms with E-state index in [0.717, 1.165) is 28.9 Å². The van der Waals surface area contributed by atoms with Gasteiger partial charge in [0.2, 0.25) is 8.32 Å². The Labute approximate surface area is 631 Å². The molecule has 0 aliphatic heterocycles. The molecule has 16 nitrogen and oxygen atoms in total. The molecule has 0 unspecified atom stereocenters. The molecule has 0 saturated carbocycles. The van der Waals surface area contributed by atoms with Crippen molar-refractivity contribution in [2.75, 3.05) is 94.5 Å². The SMILES string of the molecule is CN=P(c1ccccc1)(c1ccccc1)c1ccccc1.COc1ccc(N(CCF)CCS(=O)(=O)F)cc1.COc1ccc(N(CCS(C)(=O)=O)CCS(=O)(=O)Oc2ccc(C(C)(C)c3ccc(OC)cc3)cc2)cc1.Cc1ccc(C(C)(C)c2ccc(O[Si](C)(C)C(C)(C)C)cc2)cc1.F.O=S=O.[F-]. The Bertz CT molecular complexity index is 4430. The number of aryl methyl sites for hydroxylation is 1. The lowest BCUT2D eigenvalue weighted by Gasteiger charge is -2.36. The summed E-state index contributed by atoms with van der Waals surface area (Å²) in [7, 11) is -8.78. The van der Waals surface area contributed by atoms with E-state index < -0.39 is 69.5 Å².